The van der Waals surface area contributed by atoms with Gasteiger partial charge in [-0.05, 0) is 38.5 Å². The predicted octanol–water partition coefficient (Wildman–Crippen LogP) is 4.25. The molecule has 6 nitrogen and oxygen atoms in total. The van der Waals surface area contributed by atoms with E-state index in [2.05, 4.69) is 23.8 Å². The summed E-state index contributed by atoms with van der Waals surface area (Å²) in [5.74, 6) is 0.795. The van der Waals surface area contributed by atoms with E-state index in [9.17, 15) is 9.59 Å². The van der Waals surface area contributed by atoms with Crippen LogP contribution in [-0.2, 0) is 16.1 Å². The molecule has 1 aliphatic heterocycles. The number of amides is 2. The normalized spacial score (nSPS) is 15.6. The minimum atomic E-state index is -0.239. The van der Waals surface area contributed by atoms with Crippen LogP contribution in [0.1, 0.15) is 63.8 Å². The lowest BCUT2D eigenvalue weighted by atomic mass is 9.98. The highest BCUT2D eigenvalue weighted by Gasteiger charge is 2.35. The van der Waals surface area contributed by atoms with Crippen molar-refractivity contribution in [2.24, 2.45) is 0 Å². The minimum Gasteiger partial charge on any atom is -0.496 e. The summed E-state index contributed by atoms with van der Waals surface area (Å²) in [7, 11) is 1.66. The molecule has 0 bridgehead atoms. The van der Waals surface area contributed by atoms with Crippen molar-refractivity contribution in [1.82, 2.24) is 14.4 Å². The number of unbranched alkanes of at least 4 members (excludes halogenated alkanes) is 2. The molecule has 6 heteroatoms. The Hall–Kier alpha value is -2.76. The second kappa shape index (κ2) is 10.5. The monoisotopic (exact) mass is 425 g/mol. The lowest BCUT2D eigenvalue weighted by molar-refractivity contribution is -0.143. The maximum Gasteiger partial charge on any atom is 0.243 e. The number of carbonyl (C=O) groups excluding carboxylic acids is 2. The molecule has 0 aliphatic carbocycles. The molecule has 1 unspecified atom stereocenters. The lowest BCUT2D eigenvalue weighted by Crippen LogP contribution is -2.49. The molecule has 1 atom stereocenters. The predicted molar refractivity (Wildman–Crippen MR) is 122 cm³/mol. The second-order valence-electron chi connectivity index (χ2n) is 8.43. The number of nitrogens with zero attached hydrogens (tertiary/aromatic N) is 3. The first-order chi connectivity index (χ1) is 15.0. The zero-order valence-electron chi connectivity index (χ0n) is 19.2. The quantitative estimate of drug-likeness (QED) is 0.565. The fourth-order valence-electron chi connectivity index (χ4n) is 4.34. The number of rotatable bonds is 9. The maximum atomic E-state index is 13.5. The van der Waals surface area contributed by atoms with Crippen LogP contribution in [0.4, 0.5) is 0 Å². The SMILES string of the molecule is CCCCCC(=O)N(CC(=O)N1CCn2cccc2C1c1ccccc1OC)C(C)C. The number of aromatic nitrogens is 1. The number of carbonyl (C=O) groups is 2. The van der Waals surface area contributed by atoms with Gasteiger partial charge in [-0.2, -0.15) is 0 Å². The molecule has 1 aliphatic rings. The Labute approximate surface area is 185 Å². The van der Waals surface area contributed by atoms with E-state index in [1.165, 1.54) is 0 Å². The van der Waals surface area contributed by atoms with E-state index in [0.717, 1.165) is 42.8 Å². The molecule has 0 saturated heterocycles. The van der Waals surface area contributed by atoms with Gasteiger partial charge in [-0.15, -0.1) is 0 Å². The molecule has 3 rings (SSSR count). The van der Waals surface area contributed by atoms with Gasteiger partial charge in [0.2, 0.25) is 11.8 Å². The highest BCUT2D eigenvalue weighted by Crippen LogP contribution is 2.37. The summed E-state index contributed by atoms with van der Waals surface area (Å²) in [5, 5.41) is 0. The number of para-hydroxylation sites is 1. The molecule has 31 heavy (non-hydrogen) atoms. The second-order valence-corrected chi connectivity index (χ2v) is 8.43. The van der Waals surface area contributed by atoms with E-state index in [1.54, 1.807) is 12.0 Å². The van der Waals surface area contributed by atoms with Crippen LogP contribution in [0.3, 0.4) is 0 Å². The topological polar surface area (TPSA) is 54.8 Å². The van der Waals surface area contributed by atoms with Gasteiger partial charge in [0.05, 0.1) is 7.11 Å². The Kier molecular flexibility index (Phi) is 7.77. The Balaban J connectivity index is 1.87. The number of benzene rings is 1. The van der Waals surface area contributed by atoms with E-state index in [0.29, 0.717) is 13.0 Å². The van der Waals surface area contributed by atoms with Crippen LogP contribution in [0.5, 0.6) is 5.75 Å². The fourth-order valence-corrected chi connectivity index (χ4v) is 4.34. The van der Waals surface area contributed by atoms with Gasteiger partial charge in [-0.3, -0.25) is 9.59 Å². The van der Waals surface area contributed by atoms with Crippen molar-refractivity contribution in [2.75, 3.05) is 20.2 Å². The smallest absolute Gasteiger partial charge is 0.243 e. The summed E-state index contributed by atoms with van der Waals surface area (Å²) in [4.78, 5) is 30.0. The van der Waals surface area contributed by atoms with Gasteiger partial charge in [0.15, 0.2) is 0 Å². The van der Waals surface area contributed by atoms with E-state index in [1.807, 2.05) is 49.1 Å². The summed E-state index contributed by atoms with van der Waals surface area (Å²) in [6.45, 7) is 7.52. The highest BCUT2D eigenvalue weighted by atomic mass is 16.5. The molecule has 168 valence electrons. The van der Waals surface area contributed by atoms with Gasteiger partial charge in [-0.1, -0.05) is 38.0 Å². The molecule has 1 aromatic carbocycles. The zero-order valence-corrected chi connectivity index (χ0v) is 19.2. The number of hydrogen-bond donors (Lipinski definition) is 0. The number of methoxy groups -OCH3 is 1. The van der Waals surface area contributed by atoms with Crippen molar-refractivity contribution < 1.29 is 14.3 Å². The third kappa shape index (κ3) is 5.12. The maximum absolute atomic E-state index is 13.5. The van der Waals surface area contributed by atoms with Gasteiger partial charge in [0.25, 0.3) is 0 Å². The molecule has 2 heterocycles. The molecule has 2 amide bonds. The van der Waals surface area contributed by atoms with Crippen molar-refractivity contribution in [2.45, 2.75) is 65.1 Å². The van der Waals surface area contributed by atoms with Gasteiger partial charge in [-0.25, -0.2) is 0 Å². The summed E-state index contributed by atoms with van der Waals surface area (Å²) < 4.78 is 7.81. The molecule has 0 fully saturated rings. The Morgan fingerprint density at radius 1 is 1.13 bits per heavy atom. The van der Waals surface area contributed by atoms with Gasteiger partial charge in [0, 0.05) is 43.0 Å². The highest BCUT2D eigenvalue weighted by molar-refractivity contribution is 5.85. The zero-order chi connectivity index (χ0) is 22.4. The van der Waals surface area contributed by atoms with E-state index >= 15 is 0 Å². The molecule has 1 aromatic heterocycles. The van der Waals surface area contributed by atoms with E-state index in [-0.39, 0.29) is 30.4 Å². The average Bonchev–Trinajstić information content (AvgIpc) is 3.25. The molecule has 0 spiro atoms. The standard InChI is InChI=1S/C25H35N3O3/c1-5-6-7-14-23(29)28(19(2)3)18-24(30)27-17-16-26-15-10-12-21(26)25(27)20-11-8-9-13-22(20)31-4/h8-13,15,19,25H,5-7,14,16-18H2,1-4H3. The first-order valence-corrected chi connectivity index (χ1v) is 11.3. The van der Waals surface area contributed by atoms with Crippen LogP contribution < -0.4 is 4.74 Å². The van der Waals surface area contributed by atoms with E-state index in [4.69, 9.17) is 4.74 Å². The number of fused-ring (bicyclic) bond motifs is 1. The summed E-state index contributed by atoms with van der Waals surface area (Å²) >= 11 is 0. The van der Waals surface area contributed by atoms with Crippen LogP contribution >= 0.6 is 0 Å². The van der Waals surface area contributed by atoms with Crippen molar-refractivity contribution in [3.8, 4) is 5.75 Å². The molecule has 2 aromatic rings. The van der Waals surface area contributed by atoms with Gasteiger partial charge in [0.1, 0.15) is 18.3 Å². The molecule has 0 radical (unpaired) electrons. The average molecular weight is 426 g/mol. The van der Waals surface area contributed by atoms with Gasteiger partial charge < -0.3 is 19.1 Å². The van der Waals surface area contributed by atoms with Crippen LogP contribution in [0.2, 0.25) is 0 Å². The number of ether oxygens (including phenoxy) is 1. The molecular formula is C25H35N3O3. The van der Waals surface area contributed by atoms with Crippen molar-refractivity contribution in [3.05, 3.63) is 53.9 Å². The molecular weight excluding hydrogens is 390 g/mol. The van der Waals surface area contributed by atoms with Crippen molar-refractivity contribution in [3.63, 3.8) is 0 Å². The van der Waals surface area contributed by atoms with Crippen molar-refractivity contribution >= 4 is 11.8 Å². The first-order valence-electron chi connectivity index (χ1n) is 11.3. The van der Waals surface area contributed by atoms with E-state index < -0.39 is 0 Å². The Bertz CT molecular complexity index is 890. The minimum absolute atomic E-state index is 0.0172. The Morgan fingerprint density at radius 2 is 1.90 bits per heavy atom. The summed E-state index contributed by atoms with van der Waals surface area (Å²) in [6.07, 6.45) is 5.52. The third-order valence-electron chi connectivity index (χ3n) is 6.04. The van der Waals surface area contributed by atoms with Crippen LogP contribution in [0.15, 0.2) is 42.6 Å². The molecule has 0 saturated carbocycles. The van der Waals surface area contributed by atoms with Crippen LogP contribution in [-0.4, -0.2) is 52.4 Å². The third-order valence-corrected chi connectivity index (χ3v) is 6.04. The van der Waals surface area contributed by atoms with Crippen LogP contribution in [0, 0.1) is 0 Å². The van der Waals surface area contributed by atoms with Crippen LogP contribution in [0.25, 0.3) is 0 Å². The molecule has 0 N–H and O–H groups in total. The number of hydrogen-bond acceptors (Lipinski definition) is 3. The lowest BCUT2D eigenvalue weighted by Gasteiger charge is -2.39. The first kappa shape index (κ1) is 22.9. The van der Waals surface area contributed by atoms with Crippen molar-refractivity contribution in [1.29, 1.82) is 0 Å². The largest absolute Gasteiger partial charge is 0.496 e. The summed E-state index contributed by atoms with van der Waals surface area (Å²) in [6, 6.07) is 11.7. The fraction of sp³-hybridized carbons (Fsp3) is 0.520. The summed E-state index contributed by atoms with van der Waals surface area (Å²) in [5.41, 5.74) is 2.03. The van der Waals surface area contributed by atoms with Gasteiger partial charge >= 0.3 is 0 Å². The Morgan fingerprint density at radius 3 is 2.61 bits per heavy atom.